The van der Waals surface area contributed by atoms with Gasteiger partial charge in [0.2, 0.25) is 0 Å². The van der Waals surface area contributed by atoms with Gasteiger partial charge in [-0.05, 0) is 42.7 Å². The van der Waals surface area contributed by atoms with Gasteiger partial charge in [0.05, 0.1) is 19.9 Å². The molecule has 6 heteroatoms. The van der Waals surface area contributed by atoms with Crippen LogP contribution in [0.2, 0.25) is 0 Å². The van der Waals surface area contributed by atoms with Crippen molar-refractivity contribution >= 4 is 5.96 Å². The average molecular weight is 342 g/mol. The Bertz CT molecular complexity index is 674. The largest absolute Gasteiger partial charge is 0.496 e. The smallest absolute Gasteiger partial charge is 0.191 e. The zero-order valence-electron chi connectivity index (χ0n) is 15.1. The van der Waals surface area contributed by atoms with E-state index in [1.807, 2.05) is 19.1 Å². The van der Waals surface area contributed by atoms with Gasteiger partial charge in [0.15, 0.2) is 5.96 Å². The summed E-state index contributed by atoms with van der Waals surface area (Å²) in [4.78, 5) is 8.22. The fraction of sp³-hybridized carbons (Fsp3) is 0.368. The van der Waals surface area contributed by atoms with Crippen molar-refractivity contribution in [1.29, 1.82) is 0 Å². The molecule has 0 amide bonds. The Kier molecular flexibility index (Phi) is 7.56. The Morgan fingerprint density at radius 2 is 2.04 bits per heavy atom. The van der Waals surface area contributed by atoms with Crippen molar-refractivity contribution in [2.75, 3.05) is 33.9 Å². The zero-order chi connectivity index (χ0) is 17.9. The van der Waals surface area contributed by atoms with Crippen LogP contribution < -0.4 is 20.1 Å². The molecule has 0 aliphatic rings. The lowest BCUT2D eigenvalue weighted by atomic mass is 10.1. The summed E-state index contributed by atoms with van der Waals surface area (Å²) in [6.07, 6.45) is 4.31. The highest BCUT2D eigenvalue weighted by atomic mass is 16.5. The molecule has 1 heterocycles. The van der Waals surface area contributed by atoms with Crippen LogP contribution in [-0.4, -0.2) is 44.8 Å². The Morgan fingerprint density at radius 1 is 1.20 bits per heavy atom. The number of ether oxygens (including phenoxy) is 2. The summed E-state index contributed by atoms with van der Waals surface area (Å²) in [5, 5.41) is 6.53. The van der Waals surface area contributed by atoms with Crippen molar-refractivity contribution < 1.29 is 9.47 Å². The van der Waals surface area contributed by atoms with E-state index in [0.29, 0.717) is 13.2 Å². The second-order valence-electron chi connectivity index (χ2n) is 5.52. The van der Waals surface area contributed by atoms with Gasteiger partial charge in [0.25, 0.3) is 0 Å². The quantitative estimate of drug-likeness (QED) is 0.437. The van der Waals surface area contributed by atoms with Gasteiger partial charge in [-0.25, -0.2) is 0 Å². The van der Waals surface area contributed by atoms with Crippen LogP contribution in [0.4, 0.5) is 0 Å². The molecule has 1 aromatic carbocycles. The number of rotatable bonds is 8. The van der Waals surface area contributed by atoms with Gasteiger partial charge < -0.3 is 20.1 Å². The number of hydrogen-bond donors (Lipinski definition) is 2. The zero-order valence-corrected chi connectivity index (χ0v) is 15.1. The number of aliphatic imine (C=N–C) groups is 1. The number of methoxy groups -OCH3 is 1. The maximum absolute atomic E-state index is 5.59. The lowest BCUT2D eigenvalue weighted by Crippen LogP contribution is -2.40. The van der Waals surface area contributed by atoms with Crippen molar-refractivity contribution in [3.8, 4) is 11.5 Å². The van der Waals surface area contributed by atoms with E-state index in [2.05, 4.69) is 38.8 Å². The monoisotopic (exact) mass is 342 g/mol. The number of hydrogen-bond acceptors (Lipinski definition) is 4. The Labute approximate surface area is 149 Å². The summed E-state index contributed by atoms with van der Waals surface area (Å²) in [5.41, 5.74) is 2.37. The van der Waals surface area contributed by atoms with Crippen LogP contribution in [0.1, 0.15) is 11.1 Å². The summed E-state index contributed by atoms with van der Waals surface area (Å²) in [5.74, 6) is 2.45. The standard InChI is InChI=1S/C19H26N4O2/c1-15-6-7-16(13-18(15)24-3)8-10-22-19(20-2)23-11-12-25-17-5-4-9-21-14-17/h4-7,9,13-14H,8,10-12H2,1-3H3,(H2,20,22,23). The van der Waals surface area contributed by atoms with Crippen molar-refractivity contribution in [2.24, 2.45) is 4.99 Å². The molecule has 1 aromatic heterocycles. The molecule has 2 N–H and O–H groups in total. The van der Waals surface area contributed by atoms with Crippen LogP contribution in [0, 0.1) is 6.92 Å². The molecule has 0 bridgehead atoms. The molecule has 2 rings (SSSR count). The van der Waals surface area contributed by atoms with Crippen LogP contribution in [-0.2, 0) is 6.42 Å². The van der Waals surface area contributed by atoms with Crippen molar-refractivity contribution in [3.63, 3.8) is 0 Å². The highest BCUT2D eigenvalue weighted by Gasteiger charge is 2.02. The number of aromatic nitrogens is 1. The summed E-state index contributed by atoms with van der Waals surface area (Å²) < 4.78 is 11.0. The topological polar surface area (TPSA) is 67.8 Å². The highest BCUT2D eigenvalue weighted by molar-refractivity contribution is 5.79. The Balaban J connectivity index is 1.68. The number of nitrogens with one attached hydrogen (secondary N) is 2. The molecule has 0 aliphatic heterocycles. The van der Waals surface area contributed by atoms with Crippen LogP contribution >= 0.6 is 0 Å². The molecule has 134 valence electrons. The molecular weight excluding hydrogens is 316 g/mol. The predicted octanol–water partition coefficient (Wildman–Crippen LogP) is 2.19. The number of pyridine rings is 1. The maximum Gasteiger partial charge on any atom is 0.191 e. The number of benzene rings is 1. The Hall–Kier alpha value is -2.76. The van der Waals surface area contributed by atoms with Crippen LogP contribution in [0.15, 0.2) is 47.7 Å². The summed E-state index contributed by atoms with van der Waals surface area (Å²) >= 11 is 0. The summed E-state index contributed by atoms with van der Waals surface area (Å²) in [7, 11) is 3.45. The van der Waals surface area contributed by atoms with Gasteiger partial charge in [-0.2, -0.15) is 0 Å². The minimum atomic E-state index is 0.543. The molecule has 2 aromatic rings. The third-order valence-corrected chi connectivity index (χ3v) is 3.70. The van der Waals surface area contributed by atoms with E-state index >= 15 is 0 Å². The van der Waals surface area contributed by atoms with Crippen molar-refractivity contribution in [1.82, 2.24) is 15.6 Å². The molecule has 0 aliphatic carbocycles. The minimum absolute atomic E-state index is 0.543. The fourth-order valence-corrected chi connectivity index (χ4v) is 2.34. The maximum atomic E-state index is 5.59. The molecule has 0 radical (unpaired) electrons. The SMILES string of the molecule is CN=C(NCCOc1cccnc1)NCCc1ccc(C)c(OC)c1. The minimum Gasteiger partial charge on any atom is -0.496 e. The molecule has 0 unspecified atom stereocenters. The van der Waals surface area contributed by atoms with E-state index in [1.165, 1.54) is 5.56 Å². The van der Waals surface area contributed by atoms with E-state index in [0.717, 1.165) is 36.0 Å². The predicted molar refractivity (Wildman–Crippen MR) is 101 cm³/mol. The van der Waals surface area contributed by atoms with Gasteiger partial charge in [0.1, 0.15) is 18.1 Å². The summed E-state index contributed by atoms with van der Waals surface area (Å²) in [6.45, 7) is 4.03. The van der Waals surface area contributed by atoms with Crippen LogP contribution in [0.3, 0.4) is 0 Å². The first-order valence-corrected chi connectivity index (χ1v) is 8.34. The van der Waals surface area contributed by atoms with Gasteiger partial charge in [-0.1, -0.05) is 12.1 Å². The van der Waals surface area contributed by atoms with Crippen molar-refractivity contribution in [3.05, 3.63) is 53.9 Å². The molecule has 0 fully saturated rings. The van der Waals surface area contributed by atoms with E-state index in [4.69, 9.17) is 9.47 Å². The van der Waals surface area contributed by atoms with Gasteiger partial charge in [-0.3, -0.25) is 9.98 Å². The van der Waals surface area contributed by atoms with Crippen LogP contribution in [0.5, 0.6) is 11.5 Å². The lowest BCUT2D eigenvalue weighted by molar-refractivity contribution is 0.320. The normalized spacial score (nSPS) is 11.1. The van der Waals surface area contributed by atoms with Crippen molar-refractivity contribution in [2.45, 2.75) is 13.3 Å². The second kappa shape index (κ2) is 10.2. The first-order chi connectivity index (χ1) is 12.2. The number of nitrogens with zero attached hydrogens (tertiary/aromatic N) is 2. The Morgan fingerprint density at radius 3 is 2.76 bits per heavy atom. The molecule has 25 heavy (non-hydrogen) atoms. The third kappa shape index (κ3) is 6.33. The third-order valence-electron chi connectivity index (χ3n) is 3.70. The lowest BCUT2D eigenvalue weighted by Gasteiger charge is -2.13. The highest BCUT2D eigenvalue weighted by Crippen LogP contribution is 2.18. The fourth-order valence-electron chi connectivity index (χ4n) is 2.34. The van der Waals surface area contributed by atoms with E-state index in [9.17, 15) is 0 Å². The van der Waals surface area contributed by atoms with Gasteiger partial charge in [0, 0.05) is 19.8 Å². The first kappa shape index (κ1) is 18.6. The molecule has 6 nitrogen and oxygen atoms in total. The molecule has 0 spiro atoms. The molecule has 0 atom stereocenters. The summed E-state index contributed by atoms with van der Waals surface area (Å²) in [6, 6.07) is 10.0. The molecule has 0 saturated carbocycles. The first-order valence-electron chi connectivity index (χ1n) is 8.34. The second-order valence-corrected chi connectivity index (χ2v) is 5.52. The van der Waals surface area contributed by atoms with E-state index in [-0.39, 0.29) is 0 Å². The van der Waals surface area contributed by atoms with Crippen LogP contribution in [0.25, 0.3) is 0 Å². The average Bonchev–Trinajstić information content (AvgIpc) is 2.65. The van der Waals surface area contributed by atoms with Gasteiger partial charge >= 0.3 is 0 Å². The molecular formula is C19H26N4O2. The number of aryl methyl sites for hydroxylation is 1. The van der Waals surface area contributed by atoms with E-state index < -0.39 is 0 Å². The van der Waals surface area contributed by atoms with Gasteiger partial charge in [-0.15, -0.1) is 0 Å². The van der Waals surface area contributed by atoms with E-state index in [1.54, 1.807) is 26.6 Å². The number of guanidine groups is 1. The molecule has 0 saturated heterocycles.